The molecule has 0 fully saturated rings. The van der Waals surface area contributed by atoms with Gasteiger partial charge in [-0.1, -0.05) is 12.2 Å². The molecule has 0 unspecified atom stereocenters. The summed E-state index contributed by atoms with van der Waals surface area (Å²) in [7, 11) is 3.23. The van der Waals surface area contributed by atoms with Gasteiger partial charge in [0.25, 0.3) is 0 Å². The third kappa shape index (κ3) is 2.73. The Bertz CT molecular complexity index is 364. The summed E-state index contributed by atoms with van der Waals surface area (Å²) in [5.41, 5.74) is 6.35. The molecule has 0 atom stereocenters. The molecule has 2 N–H and O–H groups in total. The number of hydrogen-bond donors (Lipinski definition) is 1. The molecule has 0 spiro atoms. The minimum absolute atomic E-state index is 0.502. The standard InChI is InChI=1S/C11H14BrNO2/c1-14-10-8(4-3-7-13)5-6-9(12)11(10)15-2/h3-6H,7,13H2,1-2H3/b4-3+. The summed E-state index contributed by atoms with van der Waals surface area (Å²) in [6, 6.07) is 3.86. The highest BCUT2D eigenvalue weighted by Crippen LogP contribution is 2.38. The lowest BCUT2D eigenvalue weighted by Gasteiger charge is -2.11. The molecule has 0 heterocycles. The van der Waals surface area contributed by atoms with Crippen LogP contribution in [0, 0.1) is 0 Å². The van der Waals surface area contributed by atoms with Crippen LogP contribution in [0.1, 0.15) is 5.56 Å². The molecule has 0 aliphatic carbocycles. The van der Waals surface area contributed by atoms with Crippen molar-refractivity contribution in [2.24, 2.45) is 5.73 Å². The molecule has 15 heavy (non-hydrogen) atoms. The van der Waals surface area contributed by atoms with E-state index in [1.165, 1.54) is 0 Å². The second kappa shape index (κ2) is 5.78. The predicted octanol–water partition coefficient (Wildman–Crippen LogP) is 2.44. The van der Waals surface area contributed by atoms with E-state index in [1.807, 2.05) is 24.3 Å². The lowest BCUT2D eigenvalue weighted by molar-refractivity contribution is 0.352. The Morgan fingerprint density at radius 1 is 1.27 bits per heavy atom. The van der Waals surface area contributed by atoms with Crippen LogP contribution < -0.4 is 15.2 Å². The fourth-order valence-corrected chi connectivity index (χ4v) is 1.75. The molecule has 0 saturated carbocycles. The van der Waals surface area contributed by atoms with Gasteiger partial charge in [-0.2, -0.15) is 0 Å². The van der Waals surface area contributed by atoms with Gasteiger partial charge in [0.1, 0.15) is 0 Å². The Balaban J connectivity index is 3.22. The predicted molar refractivity (Wildman–Crippen MR) is 65.3 cm³/mol. The van der Waals surface area contributed by atoms with Gasteiger partial charge in [-0.05, 0) is 28.1 Å². The van der Waals surface area contributed by atoms with Crippen LogP contribution in [-0.2, 0) is 0 Å². The lowest BCUT2D eigenvalue weighted by Crippen LogP contribution is -1.95. The van der Waals surface area contributed by atoms with Crippen molar-refractivity contribution in [3.05, 3.63) is 28.2 Å². The van der Waals surface area contributed by atoms with Gasteiger partial charge >= 0.3 is 0 Å². The monoisotopic (exact) mass is 271 g/mol. The van der Waals surface area contributed by atoms with Crippen molar-refractivity contribution in [1.29, 1.82) is 0 Å². The topological polar surface area (TPSA) is 44.5 Å². The molecular weight excluding hydrogens is 258 g/mol. The zero-order valence-corrected chi connectivity index (χ0v) is 10.4. The van der Waals surface area contributed by atoms with Crippen LogP contribution in [0.15, 0.2) is 22.7 Å². The van der Waals surface area contributed by atoms with E-state index in [9.17, 15) is 0 Å². The van der Waals surface area contributed by atoms with Gasteiger partial charge in [0.15, 0.2) is 11.5 Å². The third-order valence-electron chi connectivity index (χ3n) is 1.94. The van der Waals surface area contributed by atoms with Crippen LogP contribution in [0.3, 0.4) is 0 Å². The number of benzene rings is 1. The molecule has 0 bridgehead atoms. The van der Waals surface area contributed by atoms with E-state index in [0.717, 1.165) is 10.0 Å². The maximum Gasteiger partial charge on any atom is 0.175 e. The summed E-state index contributed by atoms with van der Waals surface area (Å²) in [4.78, 5) is 0. The molecule has 0 radical (unpaired) electrons. The van der Waals surface area contributed by atoms with E-state index in [4.69, 9.17) is 15.2 Å². The van der Waals surface area contributed by atoms with Crippen LogP contribution in [0.2, 0.25) is 0 Å². The van der Waals surface area contributed by atoms with Gasteiger partial charge in [-0.25, -0.2) is 0 Å². The first-order valence-electron chi connectivity index (χ1n) is 4.51. The Morgan fingerprint density at radius 2 is 1.93 bits per heavy atom. The Morgan fingerprint density at radius 3 is 2.47 bits per heavy atom. The fourth-order valence-electron chi connectivity index (χ4n) is 1.28. The number of nitrogens with two attached hydrogens (primary N) is 1. The van der Waals surface area contributed by atoms with E-state index in [-0.39, 0.29) is 0 Å². The highest BCUT2D eigenvalue weighted by atomic mass is 79.9. The van der Waals surface area contributed by atoms with Crippen molar-refractivity contribution in [1.82, 2.24) is 0 Å². The Labute approximate surface area is 98.0 Å². The highest BCUT2D eigenvalue weighted by molar-refractivity contribution is 9.10. The smallest absolute Gasteiger partial charge is 0.175 e. The molecule has 1 aromatic rings. The number of halogens is 1. The van der Waals surface area contributed by atoms with Crippen LogP contribution in [0.25, 0.3) is 6.08 Å². The van der Waals surface area contributed by atoms with Crippen molar-refractivity contribution in [2.75, 3.05) is 20.8 Å². The van der Waals surface area contributed by atoms with Gasteiger partial charge in [-0.15, -0.1) is 0 Å². The first-order chi connectivity index (χ1) is 7.24. The van der Waals surface area contributed by atoms with Crippen molar-refractivity contribution in [3.63, 3.8) is 0 Å². The molecule has 82 valence electrons. The van der Waals surface area contributed by atoms with Crippen molar-refractivity contribution >= 4 is 22.0 Å². The van der Waals surface area contributed by atoms with Gasteiger partial charge in [0.2, 0.25) is 0 Å². The molecule has 3 nitrogen and oxygen atoms in total. The molecule has 0 aromatic heterocycles. The minimum atomic E-state index is 0.502. The van der Waals surface area contributed by atoms with Crippen molar-refractivity contribution < 1.29 is 9.47 Å². The maximum absolute atomic E-state index is 5.40. The van der Waals surface area contributed by atoms with E-state index in [0.29, 0.717) is 18.0 Å². The van der Waals surface area contributed by atoms with E-state index in [1.54, 1.807) is 14.2 Å². The van der Waals surface area contributed by atoms with E-state index in [2.05, 4.69) is 15.9 Å². The molecule has 0 saturated heterocycles. The minimum Gasteiger partial charge on any atom is -0.492 e. The summed E-state index contributed by atoms with van der Waals surface area (Å²) in [5.74, 6) is 1.40. The van der Waals surface area contributed by atoms with Crippen LogP contribution in [0.4, 0.5) is 0 Å². The average molecular weight is 272 g/mol. The van der Waals surface area contributed by atoms with Gasteiger partial charge in [0, 0.05) is 12.1 Å². The second-order valence-electron chi connectivity index (χ2n) is 2.84. The summed E-state index contributed by atoms with van der Waals surface area (Å²) in [5, 5.41) is 0. The van der Waals surface area contributed by atoms with Crippen LogP contribution >= 0.6 is 15.9 Å². The zero-order valence-electron chi connectivity index (χ0n) is 8.79. The SMILES string of the molecule is COc1c(Br)ccc(/C=C/CN)c1OC. The quantitative estimate of drug-likeness (QED) is 0.915. The van der Waals surface area contributed by atoms with Crippen LogP contribution in [-0.4, -0.2) is 20.8 Å². The third-order valence-corrected chi connectivity index (χ3v) is 2.56. The summed E-state index contributed by atoms with van der Waals surface area (Å²) in [6.07, 6.45) is 3.78. The normalized spacial score (nSPS) is 10.7. The fraction of sp³-hybridized carbons (Fsp3) is 0.273. The lowest BCUT2D eigenvalue weighted by atomic mass is 10.1. The summed E-state index contributed by atoms with van der Waals surface area (Å²) in [6.45, 7) is 0.502. The molecule has 0 aliphatic rings. The van der Waals surface area contributed by atoms with E-state index >= 15 is 0 Å². The molecule has 0 aliphatic heterocycles. The molecule has 4 heteroatoms. The van der Waals surface area contributed by atoms with Gasteiger partial charge in [-0.3, -0.25) is 0 Å². The Kier molecular flexibility index (Phi) is 4.65. The number of methoxy groups -OCH3 is 2. The largest absolute Gasteiger partial charge is 0.492 e. The first kappa shape index (κ1) is 12.1. The second-order valence-corrected chi connectivity index (χ2v) is 3.70. The summed E-state index contributed by atoms with van der Waals surface area (Å²) < 4.78 is 11.4. The molecule has 1 aromatic carbocycles. The summed E-state index contributed by atoms with van der Waals surface area (Å²) >= 11 is 3.40. The molecular formula is C11H14BrNO2. The molecule has 1 rings (SSSR count). The van der Waals surface area contributed by atoms with Gasteiger partial charge < -0.3 is 15.2 Å². The van der Waals surface area contributed by atoms with Crippen LogP contribution in [0.5, 0.6) is 11.5 Å². The van der Waals surface area contributed by atoms with Gasteiger partial charge in [0.05, 0.1) is 18.7 Å². The zero-order chi connectivity index (χ0) is 11.3. The first-order valence-corrected chi connectivity index (χ1v) is 5.31. The maximum atomic E-state index is 5.40. The van der Waals surface area contributed by atoms with Crippen molar-refractivity contribution in [3.8, 4) is 11.5 Å². The number of ether oxygens (including phenoxy) is 2. The molecule has 0 amide bonds. The van der Waals surface area contributed by atoms with Crippen molar-refractivity contribution in [2.45, 2.75) is 0 Å². The van der Waals surface area contributed by atoms with E-state index < -0.39 is 0 Å². The Hall–Kier alpha value is -1.00. The highest BCUT2D eigenvalue weighted by Gasteiger charge is 2.11. The number of rotatable bonds is 4. The average Bonchev–Trinajstić information content (AvgIpc) is 2.26. The number of hydrogen-bond acceptors (Lipinski definition) is 3.